The zero-order chi connectivity index (χ0) is 26.8. The maximum Gasteiger partial charge on any atom is 0.0855 e. The van der Waals surface area contributed by atoms with Gasteiger partial charge in [0.1, 0.15) is 0 Å². The molecular weight excluding hydrogens is 499 g/mol. The van der Waals surface area contributed by atoms with Gasteiger partial charge >= 0.3 is 0 Å². The molecule has 0 bridgehead atoms. The molecule has 0 amide bonds. The number of nitrogens with zero attached hydrogens (tertiary/aromatic N) is 1. The highest BCUT2D eigenvalue weighted by atomic mass is 32.1. The van der Waals surface area contributed by atoms with Crippen LogP contribution in [0.5, 0.6) is 0 Å². The Bertz CT molecular complexity index is 1820. The predicted octanol–water partition coefficient (Wildman–Crippen LogP) is 11.1. The van der Waals surface area contributed by atoms with Gasteiger partial charge in [-0.05, 0) is 106 Å². The van der Waals surface area contributed by atoms with E-state index < -0.39 is 0 Å². The van der Waals surface area contributed by atoms with Crippen molar-refractivity contribution in [2.45, 2.75) is 60.3 Å². The van der Waals surface area contributed by atoms with Crippen molar-refractivity contribution in [1.82, 2.24) is 4.98 Å². The Morgan fingerprint density at radius 3 is 2.42 bits per heavy atom. The van der Waals surface area contributed by atoms with Gasteiger partial charge in [0.25, 0.3) is 0 Å². The van der Waals surface area contributed by atoms with Gasteiger partial charge in [0.15, 0.2) is 0 Å². The van der Waals surface area contributed by atoms with Crippen molar-refractivity contribution < 1.29 is 0 Å². The number of rotatable bonds is 4. The zero-order valence-corrected chi connectivity index (χ0v) is 25.0. The van der Waals surface area contributed by atoms with Crippen LogP contribution in [0.25, 0.3) is 53.5 Å². The first-order chi connectivity index (χ1) is 18.1. The van der Waals surface area contributed by atoms with Gasteiger partial charge in [0, 0.05) is 20.7 Å². The van der Waals surface area contributed by atoms with Crippen LogP contribution < -0.4 is 0 Å². The van der Waals surface area contributed by atoms with Crippen molar-refractivity contribution in [2.24, 2.45) is 5.92 Å². The first-order valence-electron chi connectivity index (χ1n) is 13.5. The summed E-state index contributed by atoms with van der Waals surface area (Å²) in [7, 11) is 0. The number of fused-ring (bicyclic) bond motifs is 3. The molecule has 0 saturated carbocycles. The number of thiophene rings is 2. The van der Waals surface area contributed by atoms with E-state index in [0.717, 1.165) is 17.6 Å². The smallest absolute Gasteiger partial charge is 0.0855 e. The Balaban J connectivity index is 1.62. The first kappa shape index (κ1) is 25.3. The number of aryl methyl sites for hydroxylation is 2. The van der Waals surface area contributed by atoms with Gasteiger partial charge < -0.3 is 0 Å². The summed E-state index contributed by atoms with van der Waals surface area (Å²) in [5.74, 6) is 0.642. The average molecular weight is 534 g/mol. The number of hydrogen-bond donors (Lipinski definition) is 0. The van der Waals surface area contributed by atoms with Crippen molar-refractivity contribution in [1.29, 1.82) is 0 Å². The molecule has 0 N–H and O–H groups in total. The number of benzene rings is 3. The van der Waals surface area contributed by atoms with E-state index in [4.69, 9.17) is 4.98 Å². The second kappa shape index (κ2) is 9.32. The third-order valence-electron chi connectivity index (χ3n) is 7.67. The van der Waals surface area contributed by atoms with Crippen molar-refractivity contribution in [2.75, 3.05) is 0 Å². The topological polar surface area (TPSA) is 12.9 Å². The minimum Gasteiger partial charge on any atom is -0.247 e. The van der Waals surface area contributed by atoms with E-state index in [0.29, 0.717) is 5.92 Å². The summed E-state index contributed by atoms with van der Waals surface area (Å²) < 4.78 is 2.67. The van der Waals surface area contributed by atoms with Gasteiger partial charge in [-0.25, -0.2) is 4.98 Å². The number of hydrogen-bond acceptors (Lipinski definition) is 3. The molecule has 3 heteroatoms. The molecule has 38 heavy (non-hydrogen) atoms. The minimum absolute atomic E-state index is 0.0359. The van der Waals surface area contributed by atoms with E-state index in [1.165, 1.54) is 63.8 Å². The van der Waals surface area contributed by atoms with Crippen LogP contribution in [0.3, 0.4) is 0 Å². The largest absolute Gasteiger partial charge is 0.247 e. The van der Waals surface area contributed by atoms with Crippen LogP contribution in [0.1, 0.15) is 56.2 Å². The summed E-state index contributed by atoms with van der Waals surface area (Å²) in [6.45, 7) is 16.0. The molecule has 0 aliphatic heterocycles. The molecule has 0 unspecified atom stereocenters. The number of aromatic nitrogens is 1. The van der Waals surface area contributed by atoms with E-state index in [2.05, 4.69) is 115 Å². The Labute approximate surface area is 234 Å². The summed E-state index contributed by atoms with van der Waals surface area (Å²) in [6, 6.07) is 22.8. The normalized spacial score (nSPS) is 12.4. The highest BCUT2D eigenvalue weighted by molar-refractivity contribution is 7.19. The molecule has 0 aliphatic rings. The highest BCUT2D eigenvalue weighted by Gasteiger charge is 2.21. The van der Waals surface area contributed by atoms with Gasteiger partial charge in [-0.15, -0.1) is 22.7 Å². The quantitative estimate of drug-likeness (QED) is 0.220. The monoisotopic (exact) mass is 533 g/mol. The summed E-state index contributed by atoms with van der Waals surface area (Å²) in [4.78, 5) is 6.65. The van der Waals surface area contributed by atoms with E-state index >= 15 is 0 Å². The predicted molar refractivity (Wildman–Crippen MR) is 170 cm³/mol. The first-order valence-corrected chi connectivity index (χ1v) is 15.2. The molecule has 192 valence electrons. The van der Waals surface area contributed by atoms with Crippen LogP contribution in [-0.4, -0.2) is 4.98 Å². The molecule has 3 aromatic heterocycles. The second-order valence-electron chi connectivity index (χ2n) is 12.1. The fraction of sp³-hybridized carbons (Fsp3) is 0.286. The molecule has 0 fully saturated rings. The number of pyridine rings is 1. The molecule has 0 saturated heterocycles. The molecule has 6 aromatic rings. The van der Waals surface area contributed by atoms with Crippen LogP contribution in [0.2, 0.25) is 0 Å². The second-order valence-corrected chi connectivity index (χ2v) is 14.2. The van der Waals surface area contributed by atoms with E-state index in [-0.39, 0.29) is 5.41 Å². The van der Waals surface area contributed by atoms with Gasteiger partial charge in [-0.1, -0.05) is 65.0 Å². The van der Waals surface area contributed by atoms with Crippen LogP contribution in [0, 0.1) is 19.8 Å². The molecule has 3 aromatic carbocycles. The summed E-state index contributed by atoms with van der Waals surface area (Å²) in [5, 5.41) is 6.35. The SMILES string of the molecule is Cc1sc2c(-c3ccc4scc(CC(C)C)c4c3)cc(-c3cc(C(C)(C)C)c4ccccc4c3)nc2c1C. The van der Waals surface area contributed by atoms with Crippen molar-refractivity contribution in [3.8, 4) is 22.4 Å². The molecule has 6 rings (SSSR count). The van der Waals surface area contributed by atoms with E-state index in [1.807, 2.05) is 22.7 Å². The Hall–Kier alpha value is -3.01. The molecular formula is C35H35NS2. The van der Waals surface area contributed by atoms with E-state index in [1.54, 1.807) is 0 Å². The minimum atomic E-state index is 0.0359. The highest BCUT2D eigenvalue weighted by Crippen LogP contribution is 2.42. The van der Waals surface area contributed by atoms with Crippen molar-refractivity contribution in [3.05, 3.63) is 87.6 Å². The van der Waals surface area contributed by atoms with Gasteiger partial charge in [-0.3, -0.25) is 0 Å². The molecule has 3 heterocycles. The summed E-state index contributed by atoms with van der Waals surface area (Å²) in [6.07, 6.45) is 1.12. The molecule has 1 nitrogen and oxygen atoms in total. The van der Waals surface area contributed by atoms with Gasteiger partial charge in [0.2, 0.25) is 0 Å². The maximum atomic E-state index is 5.30. The van der Waals surface area contributed by atoms with Crippen molar-refractivity contribution >= 4 is 53.7 Å². The lowest BCUT2D eigenvalue weighted by atomic mass is 9.82. The third kappa shape index (κ3) is 4.36. The Morgan fingerprint density at radius 1 is 0.868 bits per heavy atom. The van der Waals surface area contributed by atoms with Gasteiger partial charge in [-0.2, -0.15) is 0 Å². The lowest BCUT2D eigenvalue weighted by Gasteiger charge is -2.23. The fourth-order valence-electron chi connectivity index (χ4n) is 5.58. The summed E-state index contributed by atoms with van der Waals surface area (Å²) >= 11 is 3.74. The molecule has 0 aliphatic carbocycles. The Kier molecular flexibility index (Phi) is 6.20. The standard InChI is InChI=1S/C35H35NS2/c1-20(2)14-26-19-37-32-13-12-24(16-28(26)32)29-18-31(36-33-21(3)22(4)38-34(29)33)25-15-23-10-8-9-11-27(23)30(17-25)35(5,6)7/h8-13,15-20H,14H2,1-7H3. The Morgan fingerprint density at radius 2 is 1.66 bits per heavy atom. The van der Waals surface area contributed by atoms with Crippen molar-refractivity contribution in [3.63, 3.8) is 0 Å². The lowest BCUT2D eigenvalue weighted by molar-refractivity contribution is 0.596. The molecule has 0 spiro atoms. The van der Waals surface area contributed by atoms with Crippen LogP contribution in [-0.2, 0) is 11.8 Å². The third-order valence-corrected chi connectivity index (χ3v) is 9.91. The van der Waals surface area contributed by atoms with Crippen LogP contribution in [0.15, 0.2) is 66.0 Å². The molecule has 0 radical (unpaired) electrons. The molecule has 0 atom stereocenters. The average Bonchev–Trinajstić information content (AvgIpc) is 3.41. The van der Waals surface area contributed by atoms with Gasteiger partial charge in [0.05, 0.1) is 15.9 Å². The van der Waals surface area contributed by atoms with Crippen LogP contribution in [0.4, 0.5) is 0 Å². The fourth-order valence-corrected chi connectivity index (χ4v) is 7.67. The lowest BCUT2D eigenvalue weighted by Crippen LogP contribution is -2.12. The van der Waals surface area contributed by atoms with Crippen LogP contribution >= 0.6 is 22.7 Å². The van der Waals surface area contributed by atoms with E-state index in [9.17, 15) is 0 Å². The summed E-state index contributed by atoms with van der Waals surface area (Å²) in [5.41, 5.74) is 10.1. The maximum absolute atomic E-state index is 5.30. The zero-order valence-electron chi connectivity index (χ0n) is 23.4.